The molecule has 1 fully saturated rings. The number of aryl methyl sites for hydroxylation is 2. The van der Waals surface area contributed by atoms with Gasteiger partial charge in [-0.05, 0) is 33.1 Å². The highest BCUT2D eigenvalue weighted by Crippen LogP contribution is 2.27. The summed E-state index contributed by atoms with van der Waals surface area (Å²) in [5.41, 5.74) is 6.87. The molecule has 2 atom stereocenters. The molecule has 2 unspecified atom stereocenters. The van der Waals surface area contributed by atoms with Crippen LogP contribution in [-0.4, -0.2) is 16.8 Å². The van der Waals surface area contributed by atoms with Crippen molar-refractivity contribution in [3.05, 3.63) is 15.6 Å². The Labute approximate surface area is 100 Å². The lowest BCUT2D eigenvalue weighted by molar-refractivity contribution is -0.122. The zero-order valence-corrected chi connectivity index (χ0v) is 10.6. The maximum absolute atomic E-state index is 12.0. The summed E-state index contributed by atoms with van der Waals surface area (Å²) in [6.07, 6.45) is 3.31. The number of hydrogen-bond donors (Lipinski definition) is 1. The van der Waals surface area contributed by atoms with Crippen molar-refractivity contribution in [2.24, 2.45) is 11.7 Å². The van der Waals surface area contributed by atoms with E-state index in [2.05, 4.69) is 4.98 Å². The van der Waals surface area contributed by atoms with E-state index >= 15 is 0 Å². The van der Waals surface area contributed by atoms with Crippen molar-refractivity contribution in [2.45, 2.75) is 45.6 Å². The van der Waals surface area contributed by atoms with Gasteiger partial charge in [0, 0.05) is 16.8 Å². The van der Waals surface area contributed by atoms with Crippen LogP contribution in [0, 0.1) is 19.8 Å². The second-order valence-corrected chi connectivity index (χ2v) is 5.95. The topological polar surface area (TPSA) is 56.0 Å². The summed E-state index contributed by atoms with van der Waals surface area (Å²) in [6.45, 7) is 4.04. The Hall–Kier alpha value is -0.740. The van der Waals surface area contributed by atoms with Crippen LogP contribution in [0.5, 0.6) is 0 Å². The quantitative estimate of drug-likeness (QED) is 0.876. The lowest BCUT2D eigenvalue weighted by Gasteiger charge is -2.06. The molecule has 2 N–H and O–H groups in total. The van der Waals surface area contributed by atoms with Crippen molar-refractivity contribution in [3.63, 3.8) is 0 Å². The van der Waals surface area contributed by atoms with Crippen LogP contribution < -0.4 is 5.73 Å². The van der Waals surface area contributed by atoms with Crippen LogP contribution in [0.2, 0.25) is 0 Å². The summed E-state index contributed by atoms with van der Waals surface area (Å²) in [5.74, 6) is 0.501. The van der Waals surface area contributed by atoms with Gasteiger partial charge in [0.1, 0.15) is 10.8 Å². The molecule has 1 aliphatic rings. The van der Waals surface area contributed by atoms with Gasteiger partial charge in [-0.15, -0.1) is 11.3 Å². The Bertz CT molecular complexity index is 380. The van der Waals surface area contributed by atoms with E-state index in [1.54, 1.807) is 11.3 Å². The van der Waals surface area contributed by atoms with Crippen molar-refractivity contribution in [2.75, 3.05) is 0 Å². The fraction of sp³-hybridized carbons (Fsp3) is 0.667. The molecule has 88 valence electrons. The highest BCUT2D eigenvalue weighted by atomic mass is 32.1. The van der Waals surface area contributed by atoms with Gasteiger partial charge in [-0.3, -0.25) is 4.79 Å². The normalized spacial score (nSPS) is 24.9. The fourth-order valence-electron chi connectivity index (χ4n) is 2.22. The maximum atomic E-state index is 12.0. The van der Waals surface area contributed by atoms with E-state index in [1.807, 2.05) is 13.8 Å². The van der Waals surface area contributed by atoms with E-state index in [1.165, 1.54) is 4.88 Å². The molecule has 0 radical (unpaired) electrons. The third-order valence-electron chi connectivity index (χ3n) is 3.33. The monoisotopic (exact) mass is 238 g/mol. The number of aromatic nitrogens is 1. The van der Waals surface area contributed by atoms with E-state index in [0.717, 1.165) is 30.0 Å². The molecule has 1 saturated carbocycles. The number of rotatable bonds is 3. The van der Waals surface area contributed by atoms with Crippen LogP contribution in [0.25, 0.3) is 0 Å². The first-order valence-electron chi connectivity index (χ1n) is 5.77. The lowest BCUT2D eigenvalue weighted by Crippen LogP contribution is -2.19. The first kappa shape index (κ1) is 11.7. The second kappa shape index (κ2) is 4.63. The zero-order chi connectivity index (χ0) is 11.7. The smallest absolute Gasteiger partial charge is 0.142 e. The first-order chi connectivity index (χ1) is 7.56. The van der Waals surface area contributed by atoms with E-state index in [9.17, 15) is 4.79 Å². The first-order valence-corrected chi connectivity index (χ1v) is 6.59. The number of ketones is 1. The Morgan fingerprint density at radius 1 is 1.50 bits per heavy atom. The number of thiazole rings is 1. The van der Waals surface area contributed by atoms with Gasteiger partial charge in [0.15, 0.2) is 0 Å². The van der Waals surface area contributed by atoms with Crippen LogP contribution in [0.1, 0.15) is 34.8 Å². The average molecular weight is 238 g/mol. The van der Waals surface area contributed by atoms with E-state index < -0.39 is 0 Å². The summed E-state index contributed by atoms with van der Waals surface area (Å²) >= 11 is 1.64. The molecule has 0 aliphatic heterocycles. The molecule has 1 aromatic rings. The van der Waals surface area contributed by atoms with Crippen molar-refractivity contribution < 1.29 is 4.79 Å². The Kier molecular flexibility index (Phi) is 3.40. The Morgan fingerprint density at radius 2 is 2.25 bits per heavy atom. The third-order valence-corrected chi connectivity index (χ3v) is 4.40. The summed E-state index contributed by atoms with van der Waals surface area (Å²) < 4.78 is 0. The highest BCUT2D eigenvalue weighted by molar-refractivity contribution is 7.11. The van der Waals surface area contributed by atoms with Crippen molar-refractivity contribution in [1.82, 2.24) is 4.98 Å². The average Bonchev–Trinajstić information content (AvgIpc) is 2.75. The van der Waals surface area contributed by atoms with Crippen molar-refractivity contribution in [3.8, 4) is 0 Å². The van der Waals surface area contributed by atoms with Crippen molar-refractivity contribution >= 4 is 17.1 Å². The zero-order valence-electron chi connectivity index (χ0n) is 9.82. The minimum atomic E-state index is 0.180. The van der Waals surface area contributed by atoms with Gasteiger partial charge in [-0.2, -0.15) is 0 Å². The number of Topliss-reactive ketones (excluding diaryl/α,β-unsaturated/α-hetero) is 1. The summed E-state index contributed by atoms with van der Waals surface area (Å²) in [7, 11) is 0. The van der Waals surface area contributed by atoms with E-state index in [4.69, 9.17) is 5.73 Å². The van der Waals surface area contributed by atoms with Gasteiger partial charge in [0.05, 0.1) is 12.1 Å². The van der Waals surface area contributed by atoms with Crippen LogP contribution in [0.15, 0.2) is 0 Å². The van der Waals surface area contributed by atoms with Crippen molar-refractivity contribution in [1.29, 1.82) is 0 Å². The Balaban J connectivity index is 1.97. The molecule has 16 heavy (non-hydrogen) atoms. The predicted octanol–water partition coefficient (Wildman–Crippen LogP) is 2.00. The minimum Gasteiger partial charge on any atom is -0.328 e. The SMILES string of the molecule is Cc1nc(CC(=O)C2CCC(N)C2)sc1C. The molecule has 3 nitrogen and oxygen atoms in total. The number of carbonyl (C=O) groups is 1. The largest absolute Gasteiger partial charge is 0.328 e. The molecule has 1 heterocycles. The van der Waals surface area contributed by atoms with Gasteiger partial charge >= 0.3 is 0 Å². The van der Waals surface area contributed by atoms with Gasteiger partial charge < -0.3 is 5.73 Å². The van der Waals surface area contributed by atoms with Gasteiger partial charge in [0.2, 0.25) is 0 Å². The van der Waals surface area contributed by atoms with Crippen LogP contribution in [0.3, 0.4) is 0 Å². The summed E-state index contributed by atoms with van der Waals surface area (Å²) in [4.78, 5) is 17.6. The number of nitrogens with two attached hydrogens (primary N) is 1. The van der Waals surface area contributed by atoms with E-state index in [0.29, 0.717) is 12.2 Å². The predicted molar refractivity (Wildman–Crippen MR) is 65.6 cm³/mol. The van der Waals surface area contributed by atoms with Crippen LogP contribution in [0.4, 0.5) is 0 Å². The van der Waals surface area contributed by atoms with Crippen LogP contribution in [-0.2, 0) is 11.2 Å². The summed E-state index contributed by atoms with van der Waals surface area (Å²) in [5, 5.41) is 0.959. The molecule has 1 aromatic heterocycles. The molecule has 2 rings (SSSR count). The molecule has 0 saturated heterocycles. The maximum Gasteiger partial charge on any atom is 0.142 e. The number of hydrogen-bond acceptors (Lipinski definition) is 4. The second-order valence-electron chi connectivity index (χ2n) is 4.66. The number of nitrogens with zero attached hydrogens (tertiary/aromatic N) is 1. The van der Waals surface area contributed by atoms with Gasteiger partial charge in [-0.25, -0.2) is 4.98 Å². The fourth-order valence-corrected chi connectivity index (χ4v) is 3.16. The van der Waals surface area contributed by atoms with Crippen LogP contribution >= 0.6 is 11.3 Å². The molecule has 4 heteroatoms. The summed E-state index contributed by atoms with van der Waals surface area (Å²) in [6, 6.07) is 0.230. The molecular formula is C12H18N2OS. The molecule has 0 bridgehead atoms. The molecule has 0 spiro atoms. The highest BCUT2D eigenvalue weighted by Gasteiger charge is 2.28. The molecular weight excluding hydrogens is 220 g/mol. The minimum absolute atomic E-state index is 0.180. The molecule has 0 amide bonds. The van der Waals surface area contributed by atoms with Gasteiger partial charge in [0.25, 0.3) is 0 Å². The Morgan fingerprint density at radius 3 is 2.75 bits per heavy atom. The molecule has 1 aliphatic carbocycles. The van der Waals surface area contributed by atoms with E-state index in [-0.39, 0.29) is 12.0 Å². The van der Waals surface area contributed by atoms with Gasteiger partial charge in [-0.1, -0.05) is 0 Å². The third kappa shape index (κ3) is 2.50. The lowest BCUT2D eigenvalue weighted by atomic mass is 10.0. The number of carbonyl (C=O) groups excluding carboxylic acids is 1. The molecule has 0 aromatic carbocycles. The standard InChI is InChI=1S/C12H18N2OS/c1-7-8(2)16-12(14-7)6-11(15)9-3-4-10(13)5-9/h9-10H,3-6,13H2,1-2H3.